The number of aromatic nitrogens is 2. The zero-order valence-corrected chi connectivity index (χ0v) is 19.8. The number of amides is 1. The Labute approximate surface area is 192 Å². The van der Waals surface area contributed by atoms with E-state index in [0.717, 1.165) is 48.3 Å². The number of anilines is 1. The molecular formula is C23H20BrN3O3S. The third kappa shape index (κ3) is 4.26. The summed E-state index contributed by atoms with van der Waals surface area (Å²) < 4.78 is 12.6. The quantitative estimate of drug-likeness (QED) is 0.323. The summed E-state index contributed by atoms with van der Waals surface area (Å²) in [5, 5.41) is 12.8. The second-order valence-electron chi connectivity index (χ2n) is 7.06. The lowest BCUT2D eigenvalue weighted by Gasteiger charge is -2.13. The van der Waals surface area contributed by atoms with Crippen molar-refractivity contribution >= 4 is 54.8 Å². The van der Waals surface area contributed by atoms with Crippen molar-refractivity contribution in [2.75, 3.05) is 12.4 Å². The normalized spacial score (nSPS) is 11.7. The molecule has 0 bridgehead atoms. The monoisotopic (exact) mass is 497 g/mol. The topological polar surface area (TPSA) is 77.2 Å². The summed E-state index contributed by atoms with van der Waals surface area (Å²) in [5.74, 6) is 0.409. The van der Waals surface area contributed by atoms with E-state index in [-0.39, 0.29) is 5.91 Å². The third-order valence-electron chi connectivity index (χ3n) is 4.93. The van der Waals surface area contributed by atoms with Gasteiger partial charge >= 0.3 is 0 Å². The van der Waals surface area contributed by atoms with Crippen LogP contribution in [-0.4, -0.2) is 23.2 Å². The lowest BCUT2D eigenvalue weighted by Crippen LogP contribution is -2.08. The van der Waals surface area contributed by atoms with Gasteiger partial charge in [0.25, 0.3) is 0 Å². The second kappa shape index (κ2) is 8.64. The number of rotatable bonds is 5. The summed E-state index contributed by atoms with van der Waals surface area (Å²) in [6, 6.07) is 10.1. The van der Waals surface area contributed by atoms with Crippen molar-refractivity contribution in [3.8, 4) is 16.9 Å². The van der Waals surface area contributed by atoms with E-state index in [4.69, 9.17) is 9.15 Å². The van der Waals surface area contributed by atoms with Gasteiger partial charge < -0.3 is 9.15 Å². The smallest absolute Gasteiger partial charge is 0.250 e. The fourth-order valence-corrected chi connectivity index (χ4v) is 4.35. The molecule has 0 fully saturated rings. The molecule has 0 unspecified atom stereocenters. The van der Waals surface area contributed by atoms with Crippen LogP contribution >= 0.6 is 27.3 Å². The van der Waals surface area contributed by atoms with Gasteiger partial charge in [-0.3, -0.25) is 10.1 Å². The number of nitrogens with one attached hydrogen (secondary N) is 1. The first kappa shape index (κ1) is 21.3. The number of furan rings is 1. The van der Waals surface area contributed by atoms with Gasteiger partial charge in [-0.1, -0.05) is 39.4 Å². The van der Waals surface area contributed by atoms with Crippen molar-refractivity contribution in [1.29, 1.82) is 0 Å². The number of methoxy groups -OCH3 is 1. The Kier molecular flexibility index (Phi) is 5.93. The lowest BCUT2D eigenvalue weighted by molar-refractivity contribution is -0.111. The number of ether oxygens (including phenoxy) is 1. The summed E-state index contributed by atoms with van der Waals surface area (Å²) >= 11 is 4.80. The molecule has 0 aliphatic heterocycles. The molecule has 2 heterocycles. The highest BCUT2D eigenvalue weighted by Gasteiger charge is 2.19. The number of benzene rings is 2. The molecule has 0 aliphatic rings. The van der Waals surface area contributed by atoms with E-state index in [2.05, 4.69) is 31.4 Å². The summed E-state index contributed by atoms with van der Waals surface area (Å²) in [6.45, 7) is 5.68. The molecule has 0 radical (unpaired) electrons. The first-order valence-corrected chi connectivity index (χ1v) is 11.1. The molecule has 0 aliphatic carbocycles. The Morgan fingerprint density at radius 2 is 1.97 bits per heavy atom. The standard InChI is InChI=1S/C23H20BrN3O3S/c1-12(9-20(28)25-23-27-26-14(3)31-23)17-10-18-19(15-5-7-16(24)8-6-15)11-30-22(18)13(2)21(17)29-4/h5-11H,1-4H3,(H,25,27,28)/b12-9+. The SMILES string of the molecule is COc1c(/C(C)=C/C(=O)Nc2nnc(C)s2)cc2c(-c3ccc(Br)cc3)coc2c1C. The number of fused-ring (bicyclic) bond motifs is 1. The van der Waals surface area contributed by atoms with Gasteiger partial charge in [0.15, 0.2) is 0 Å². The molecule has 4 aromatic rings. The fraction of sp³-hybridized carbons (Fsp3) is 0.174. The van der Waals surface area contributed by atoms with Crippen molar-refractivity contribution in [3.05, 3.63) is 63.3 Å². The van der Waals surface area contributed by atoms with Crippen LogP contribution in [0.1, 0.15) is 23.1 Å². The van der Waals surface area contributed by atoms with Gasteiger partial charge in [-0.15, -0.1) is 10.2 Å². The predicted octanol–water partition coefficient (Wildman–Crippen LogP) is 6.38. The Morgan fingerprint density at radius 1 is 1.23 bits per heavy atom. The van der Waals surface area contributed by atoms with Crippen LogP contribution in [0.15, 0.2) is 51.6 Å². The molecule has 158 valence electrons. The van der Waals surface area contributed by atoms with Crippen LogP contribution in [0.3, 0.4) is 0 Å². The van der Waals surface area contributed by atoms with Gasteiger partial charge in [-0.2, -0.15) is 0 Å². The Bertz CT molecular complexity index is 1310. The second-order valence-corrected chi connectivity index (χ2v) is 9.16. The summed E-state index contributed by atoms with van der Waals surface area (Å²) in [6.07, 6.45) is 3.30. The summed E-state index contributed by atoms with van der Waals surface area (Å²) in [5.41, 5.74) is 5.27. The number of carbonyl (C=O) groups excluding carboxylic acids is 1. The van der Waals surface area contributed by atoms with Gasteiger partial charge in [-0.05, 0) is 50.1 Å². The van der Waals surface area contributed by atoms with Gasteiger partial charge in [0.05, 0.1) is 13.4 Å². The average molecular weight is 498 g/mol. The minimum Gasteiger partial charge on any atom is -0.496 e. The molecule has 1 amide bonds. The zero-order valence-electron chi connectivity index (χ0n) is 17.4. The molecule has 31 heavy (non-hydrogen) atoms. The van der Waals surface area contributed by atoms with Crippen molar-refractivity contribution < 1.29 is 13.9 Å². The average Bonchev–Trinajstić information content (AvgIpc) is 3.34. The number of hydrogen-bond donors (Lipinski definition) is 1. The third-order valence-corrected chi connectivity index (χ3v) is 6.21. The largest absolute Gasteiger partial charge is 0.496 e. The molecule has 0 atom stereocenters. The number of hydrogen-bond acceptors (Lipinski definition) is 6. The first-order chi connectivity index (χ1) is 14.9. The minimum atomic E-state index is -0.270. The van der Waals surface area contributed by atoms with E-state index in [1.807, 2.05) is 51.1 Å². The highest BCUT2D eigenvalue weighted by atomic mass is 79.9. The van der Waals surface area contributed by atoms with Crippen molar-refractivity contribution in [2.45, 2.75) is 20.8 Å². The van der Waals surface area contributed by atoms with E-state index in [0.29, 0.717) is 10.9 Å². The number of aryl methyl sites for hydroxylation is 2. The number of carbonyl (C=O) groups is 1. The van der Waals surface area contributed by atoms with Crippen molar-refractivity contribution in [1.82, 2.24) is 10.2 Å². The molecular weight excluding hydrogens is 478 g/mol. The van der Waals surface area contributed by atoms with Crippen molar-refractivity contribution in [3.63, 3.8) is 0 Å². The Morgan fingerprint density at radius 3 is 2.61 bits per heavy atom. The molecule has 2 aromatic heterocycles. The maximum Gasteiger partial charge on any atom is 0.250 e. The molecule has 1 N–H and O–H groups in total. The zero-order chi connectivity index (χ0) is 22.1. The van der Waals surface area contributed by atoms with E-state index in [1.54, 1.807) is 19.4 Å². The van der Waals surface area contributed by atoms with Gasteiger partial charge in [0, 0.05) is 32.6 Å². The highest BCUT2D eigenvalue weighted by molar-refractivity contribution is 9.10. The van der Waals surface area contributed by atoms with E-state index in [1.165, 1.54) is 11.3 Å². The maximum absolute atomic E-state index is 12.5. The van der Waals surface area contributed by atoms with E-state index < -0.39 is 0 Å². The molecule has 0 spiro atoms. The molecule has 6 nitrogen and oxygen atoms in total. The fourth-order valence-electron chi connectivity index (χ4n) is 3.49. The lowest BCUT2D eigenvalue weighted by atomic mass is 9.96. The van der Waals surface area contributed by atoms with Crippen LogP contribution in [0.25, 0.3) is 27.7 Å². The molecule has 2 aromatic carbocycles. The molecule has 4 rings (SSSR count). The van der Waals surface area contributed by atoms with Crippen LogP contribution < -0.4 is 10.1 Å². The molecule has 8 heteroatoms. The van der Waals surface area contributed by atoms with Crippen LogP contribution in [0.5, 0.6) is 5.75 Å². The van der Waals surface area contributed by atoms with E-state index >= 15 is 0 Å². The maximum atomic E-state index is 12.5. The van der Waals surface area contributed by atoms with Crippen LogP contribution in [0, 0.1) is 13.8 Å². The highest BCUT2D eigenvalue weighted by Crippen LogP contribution is 2.40. The number of allylic oxidation sites excluding steroid dienone is 1. The van der Waals surface area contributed by atoms with Gasteiger partial charge in [0.2, 0.25) is 11.0 Å². The predicted molar refractivity (Wildman–Crippen MR) is 128 cm³/mol. The Balaban J connectivity index is 1.77. The molecule has 0 saturated heterocycles. The van der Waals surface area contributed by atoms with E-state index in [9.17, 15) is 4.79 Å². The Hall–Kier alpha value is -2.97. The van der Waals surface area contributed by atoms with Crippen LogP contribution in [-0.2, 0) is 4.79 Å². The molecule has 0 saturated carbocycles. The van der Waals surface area contributed by atoms with Gasteiger partial charge in [0.1, 0.15) is 16.3 Å². The number of nitrogens with zero attached hydrogens (tertiary/aromatic N) is 2. The minimum absolute atomic E-state index is 0.270. The van der Waals surface area contributed by atoms with Crippen molar-refractivity contribution in [2.24, 2.45) is 0 Å². The van der Waals surface area contributed by atoms with Crippen LogP contribution in [0.2, 0.25) is 0 Å². The summed E-state index contributed by atoms with van der Waals surface area (Å²) in [4.78, 5) is 12.5. The number of halogens is 1. The van der Waals surface area contributed by atoms with Crippen LogP contribution in [0.4, 0.5) is 5.13 Å². The first-order valence-electron chi connectivity index (χ1n) is 9.52. The summed E-state index contributed by atoms with van der Waals surface area (Å²) in [7, 11) is 1.62. The van der Waals surface area contributed by atoms with Gasteiger partial charge in [-0.25, -0.2) is 0 Å².